The van der Waals surface area contributed by atoms with E-state index in [0.29, 0.717) is 12.1 Å². The zero-order valence-electron chi connectivity index (χ0n) is 26.9. The number of sulfonamides is 1. The predicted octanol–water partition coefficient (Wildman–Crippen LogP) is 6.59. The predicted molar refractivity (Wildman–Crippen MR) is 183 cm³/mol. The van der Waals surface area contributed by atoms with Gasteiger partial charge in [-0.1, -0.05) is 104 Å². The summed E-state index contributed by atoms with van der Waals surface area (Å²) in [7, 11) is -4.23. The molecule has 4 aromatic carbocycles. The molecule has 1 fully saturated rings. The van der Waals surface area contributed by atoms with Gasteiger partial charge in [0.1, 0.15) is 18.4 Å². The number of halogens is 1. The van der Waals surface area contributed by atoms with E-state index in [-0.39, 0.29) is 35.4 Å². The standard InChI is InChI=1S/C38H42FN3O4S/c1-3-30-15-8-12-20-35(30)42(47(45,46)33-23-21-28(2)22-24-33)27-37(43)41(26-31-16-7-11-19-34(31)39)36(25-29-13-5-4-6-14-29)38(44)40-32-17-9-10-18-32/h4-8,11-16,19-24,32,36H,3,9-10,17-18,25-27H2,1-2H3,(H,40,44)/t36-/m1/s1. The van der Waals surface area contributed by atoms with Gasteiger partial charge in [0.15, 0.2) is 0 Å². The molecule has 4 aromatic rings. The van der Waals surface area contributed by atoms with E-state index in [2.05, 4.69) is 5.32 Å². The molecule has 1 aliphatic rings. The van der Waals surface area contributed by atoms with Gasteiger partial charge in [0, 0.05) is 24.6 Å². The number of nitrogens with one attached hydrogen (secondary N) is 1. The summed E-state index contributed by atoms with van der Waals surface area (Å²) in [5.74, 6) is -1.47. The summed E-state index contributed by atoms with van der Waals surface area (Å²) in [6.45, 7) is 3.00. The molecule has 0 aliphatic heterocycles. The first kappa shape index (κ1) is 33.9. The van der Waals surface area contributed by atoms with E-state index < -0.39 is 34.3 Å². The number of rotatable bonds is 13. The molecule has 0 radical (unpaired) electrons. The van der Waals surface area contributed by atoms with Crippen molar-refractivity contribution in [3.05, 3.63) is 131 Å². The molecule has 1 N–H and O–H groups in total. The highest BCUT2D eigenvalue weighted by atomic mass is 32.2. The van der Waals surface area contributed by atoms with Crippen LogP contribution >= 0.6 is 0 Å². The Morgan fingerprint density at radius 2 is 1.47 bits per heavy atom. The van der Waals surface area contributed by atoms with Crippen molar-refractivity contribution in [1.82, 2.24) is 10.2 Å². The molecule has 0 saturated heterocycles. The maximum Gasteiger partial charge on any atom is 0.264 e. The molecule has 1 saturated carbocycles. The number of benzene rings is 4. The van der Waals surface area contributed by atoms with Crippen LogP contribution in [0.5, 0.6) is 0 Å². The third-order valence-corrected chi connectivity index (χ3v) is 10.6. The smallest absolute Gasteiger partial charge is 0.264 e. The minimum absolute atomic E-state index is 0.0129. The van der Waals surface area contributed by atoms with Crippen molar-refractivity contribution in [3.8, 4) is 0 Å². The monoisotopic (exact) mass is 655 g/mol. The number of aryl methyl sites for hydroxylation is 2. The molecule has 1 atom stereocenters. The van der Waals surface area contributed by atoms with Gasteiger partial charge >= 0.3 is 0 Å². The van der Waals surface area contributed by atoms with Crippen LogP contribution < -0.4 is 9.62 Å². The lowest BCUT2D eigenvalue weighted by Crippen LogP contribution is -2.54. The lowest BCUT2D eigenvalue weighted by Gasteiger charge is -2.34. The molecule has 7 nitrogen and oxygen atoms in total. The van der Waals surface area contributed by atoms with Gasteiger partial charge in [-0.2, -0.15) is 0 Å². The molecule has 0 aromatic heterocycles. The van der Waals surface area contributed by atoms with Crippen LogP contribution in [0.2, 0.25) is 0 Å². The van der Waals surface area contributed by atoms with Crippen molar-refractivity contribution in [1.29, 1.82) is 0 Å². The van der Waals surface area contributed by atoms with Crippen LogP contribution in [-0.4, -0.2) is 43.8 Å². The zero-order valence-corrected chi connectivity index (χ0v) is 27.8. The number of nitrogens with zero attached hydrogens (tertiary/aromatic N) is 2. The summed E-state index contributed by atoms with van der Waals surface area (Å²) in [5, 5.41) is 3.14. The van der Waals surface area contributed by atoms with E-state index in [0.717, 1.165) is 46.7 Å². The normalized spacial score (nSPS) is 14.0. The Kier molecular flexibility index (Phi) is 11.1. The molecule has 246 valence electrons. The Bertz CT molecular complexity index is 1770. The zero-order chi connectivity index (χ0) is 33.4. The summed E-state index contributed by atoms with van der Waals surface area (Å²) in [5.41, 5.74) is 3.08. The summed E-state index contributed by atoms with van der Waals surface area (Å²) in [6, 6.07) is 28.0. The van der Waals surface area contributed by atoms with Crippen LogP contribution in [0.25, 0.3) is 0 Å². The maximum atomic E-state index is 15.2. The van der Waals surface area contributed by atoms with Crippen molar-refractivity contribution in [2.75, 3.05) is 10.8 Å². The average Bonchev–Trinajstić information content (AvgIpc) is 3.59. The Hall–Kier alpha value is -4.50. The first-order valence-corrected chi connectivity index (χ1v) is 17.7. The van der Waals surface area contributed by atoms with E-state index in [1.54, 1.807) is 42.5 Å². The van der Waals surface area contributed by atoms with Crippen molar-refractivity contribution >= 4 is 27.5 Å². The van der Waals surface area contributed by atoms with Crippen molar-refractivity contribution in [3.63, 3.8) is 0 Å². The highest BCUT2D eigenvalue weighted by molar-refractivity contribution is 7.92. The van der Waals surface area contributed by atoms with Gasteiger partial charge in [-0.25, -0.2) is 12.8 Å². The van der Waals surface area contributed by atoms with Crippen molar-refractivity contribution in [2.24, 2.45) is 0 Å². The van der Waals surface area contributed by atoms with E-state index >= 15 is 4.39 Å². The number of carbonyl (C=O) groups excluding carboxylic acids is 2. The van der Waals surface area contributed by atoms with Gasteiger partial charge in [0.2, 0.25) is 11.8 Å². The number of para-hydroxylation sites is 1. The third kappa shape index (κ3) is 8.27. The van der Waals surface area contributed by atoms with Gasteiger partial charge in [-0.05, 0) is 61.6 Å². The second-order valence-corrected chi connectivity index (χ2v) is 14.0. The van der Waals surface area contributed by atoms with Gasteiger partial charge in [-0.15, -0.1) is 0 Å². The minimum atomic E-state index is -4.23. The first-order chi connectivity index (χ1) is 22.7. The van der Waals surface area contributed by atoms with E-state index in [1.807, 2.05) is 56.3 Å². The Morgan fingerprint density at radius 1 is 0.851 bits per heavy atom. The molecular weight excluding hydrogens is 614 g/mol. The Morgan fingerprint density at radius 3 is 2.13 bits per heavy atom. The SMILES string of the molecule is CCc1ccccc1N(CC(=O)N(Cc1ccccc1F)[C@H](Cc1ccccc1)C(=O)NC1CCCC1)S(=O)(=O)c1ccc(C)cc1. The molecule has 2 amide bonds. The van der Waals surface area contributed by atoms with Gasteiger partial charge < -0.3 is 10.2 Å². The first-order valence-electron chi connectivity index (χ1n) is 16.2. The lowest BCUT2D eigenvalue weighted by atomic mass is 10.0. The molecule has 0 spiro atoms. The fraction of sp³-hybridized carbons (Fsp3) is 0.316. The second kappa shape index (κ2) is 15.4. The number of carbonyl (C=O) groups is 2. The summed E-state index contributed by atoms with van der Waals surface area (Å²) >= 11 is 0. The fourth-order valence-electron chi connectivity index (χ4n) is 6.14. The van der Waals surface area contributed by atoms with Gasteiger partial charge in [0.25, 0.3) is 10.0 Å². The van der Waals surface area contributed by atoms with E-state index in [1.165, 1.54) is 23.1 Å². The van der Waals surface area contributed by atoms with Crippen LogP contribution in [0.3, 0.4) is 0 Å². The summed E-state index contributed by atoms with van der Waals surface area (Å²) < 4.78 is 44.9. The Labute approximate surface area is 277 Å². The second-order valence-electron chi connectivity index (χ2n) is 12.1. The van der Waals surface area contributed by atoms with Crippen LogP contribution in [0, 0.1) is 12.7 Å². The van der Waals surface area contributed by atoms with Gasteiger partial charge in [-0.3, -0.25) is 13.9 Å². The van der Waals surface area contributed by atoms with Crippen LogP contribution in [-0.2, 0) is 39.0 Å². The number of hydrogen-bond acceptors (Lipinski definition) is 4. The number of hydrogen-bond donors (Lipinski definition) is 1. The minimum Gasteiger partial charge on any atom is -0.352 e. The van der Waals surface area contributed by atoms with Crippen LogP contribution in [0.15, 0.2) is 108 Å². The average molecular weight is 656 g/mol. The maximum absolute atomic E-state index is 15.2. The van der Waals surface area contributed by atoms with Crippen molar-refractivity contribution in [2.45, 2.75) is 75.9 Å². The van der Waals surface area contributed by atoms with Crippen LogP contribution in [0.4, 0.5) is 10.1 Å². The largest absolute Gasteiger partial charge is 0.352 e. The molecule has 47 heavy (non-hydrogen) atoms. The topological polar surface area (TPSA) is 86.8 Å². The highest BCUT2D eigenvalue weighted by Gasteiger charge is 2.36. The highest BCUT2D eigenvalue weighted by Crippen LogP contribution is 2.29. The van der Waals surface area contributed by atoms with Crippen LogP contribution in [0.1, 0.15) is 54.9 Å². The molecule has 9 heteroatoms. The molecule has 0 heterocycles. The molecular formula is C38H42FN3O4S. The third-order valence-electron chi connectivity index (χ3n) is 8.80. The van der Waals surface area contributed by atoms with Gasteiger partial charge in [0.05, 0.1) is 10.6 Å². The van der Waals surface area contributed by atoms with E-state index in [4.69, 9.17) is 0 Å². The number of anilines is 1. The van der Waals surface area contributed by atoms with Crippen molar-refractivity contribution < 1.29 is 22.4 Å². The quantitative estimate of drug-likeness (QED) is 0.176. The molecule has 0 unspecified atom stereocenters. The van der Waals surface area contributed by atoms with E-state index in [9.17, 15) is 18.0 Å². The fourth-order valence-corrected chi connectivity index (χ4v) is 7.59. The molecule has 0 bridgehead atoms. The lowest BCUT2D eigenvalue weighted by molar-refractivity contribution is -0.140. The molecule has 1 aliphatic carbocycles. The molecule has 5 rings (SSSR count). The summed E-state index contributed by atoms with van der Waals surface area (Å²) in [6.07, 6.45) is 4.42. The number of amides is 2. The summed E-state index contributed by atoms with van der Waals surface area (Å²) in [4.78, 5) is 30.2. The Balaban J connectivity index is 1.59.